The van der Waals surface area contributed by atoms with Gasteiger partial charge in [-0.05, 0) is 18.2 Å². The lowest BCUT2D eigenvalue weighted by molar-refractivity contribution is -0.384. The summed E-state index contributed by atoms with van der Waals surface area (Å²) < 4.78 is 1.87. The van der Waals surface area contributed by atoms with Crippen LogP contribution in [0.4, 0.5) is 11.4 Å². The maximum Gasteiger partial charge on any atom is 0.271 e. The van der Waals surface area contributed by atoms with E-state index < -0.39 is 4.92 Å². The number of hydrogen-bond donors (Lipinski definition) is 1. The molecule has 1 amide bonds. The van der Waals surface area contributed by atoms with Crippen molar-refractivity contribution in [1.82, 2.24) is 4.98 Å². The number of hydrogen-bond acceptors (Lipinski definition) is 6. The predicted octanol–water partition coefficient (Wildman–Crippen LogP) is 4.59. The smallest absolute Gasteiger partial charge is 0.271 e. The second-order valence-corrected chi connectivity index (χ2v) is 7.37. The number of halogens is 1. The van der Waals surface area contributed by atoms with Crippen molar-refractivity contribution >= 4 is 62.2 Å². The standard InChI is InChI=1S/C15H10ClN3O3S2/c16-10-7-9(19(21)22)5-6-11(10)17-14(20)8-23-15-18-12-3-1-2-4-13(12)24-15/h1-7H,8H2,(H,17,20). The number of nitrogens with zero attached hydrogens (tertiary/aromatic N) is 2. The number of non-ortho nitro benzene ring substituents is 1. The summed E-state index contributed by atoms with van der Waals surface area (Å²) in [6.45, 7) is 0. The first kappa shape index (κ1) is 16.7. The Hall–Kier alpha value is -2.16. The van der Waals surface area contributed by atoms with Crippen LogP contribution in [0.2, 0.25) is 5.02 Å². The number of para-hydroxylation sites is 1. The van der Waals surface area contributed by atoms with Gasteiger partial charge in [0.05, 0.1) is 31.6 Å². The SMILES string of the molecule is O=C(CSc1nc2ccccc2s1)Nc1ccc([N+](=O)[O-])cc1Cl. The number of nitro groups is 1. The minimum absolute atomic E-state index is 0.123. The van der Waals surface area contributed by atoms with E-state index in [1.54, 1.807) is 0 Å². The van der Waals surface area contributed by atoms with E-state index in [-0.39, 0.29) is 22.4 Å². The molecule has 0 aliphatic rings. The predicted molar refractivity (Wildman–Crippen MR) is 97.1 cm³/mol. The molecular weight excluding hydrogens is 370 g/mol. The zero-order valence-electron chi connectivity index (χ0n) is 12.1. The van der Waals surface area contributed by atoms with Crippen LogP contribution in [-0.2, 0) is 4.79 Å². The van der Waals surface area contributed by atoms with Gasteiger partial charge in [-0.3, -0.25) is 14.9 Å². The molecule has 24 heavy (non-hydrogen) atoms. The summed E-state index contributed by atoms with van der Waals surface area (Å²) in [4.78, 5) is 26.6. The molecule has 0 saturated carbocycles. The molecule has 122 valence electrons. The van der Waals surface area contributed by atoms with Gasteiger partial charge >= 0.3 is 0 Å². The Bertz CT molecular complexity index is 896. The van der Waals surface area contributed by atoms with Crippen molar-refractivity contribution in [2.24, 2.45) is 0 Å². The molecule has 1 aromatic heterocycles. The topological polar surface area (TPSA) is 85.1 Å². The summed E-state index contributed by atoms with van der Waals surface area (Å²) in [5.74, 6) is -0.0809. The lowest BCUT2D eigenvalue weighted by atomic mass is 10.3. The van der Waals surface area contributed by atoms with E-state index in [1.165, 1.54) is 41.3 Å². The van der Waals surface area contributed by atoms with E-state index in [9.17, 15) is 14.9 Å². The van der Waals surface area contributed by atoms with Gasteiger partial charge in [0.1, 0.15) is 0 Å². The fourth-order valence-electron chi connectivity index (χ4n) is 1.95. The molecule has 1 N–H and O–H groups in total. The van der Waals surface area contributed by atoms with Gasteiger partial charge in [-0.25, -0.2) is 4.98 Å². The van der Waals surface area contributed by atoms with Crippen molar-refractivity contribution in [3.05, 3.63) is 57.6 Å². The third-order valence-electron chi connectivity index (χ3n) is 3.04. The van der Waals surface area contributed by atoms with Crippen molar-refractivity contribution in [2.45, 2.75) is 4.34 Å². The van der Waals surface area contributed by atoms with Crippen LogP contribution in [0.15, 0.2) is 46.8 Å². The zero-order chi connectivity index (χ0) is 17.1. The molecule has 0 atom stereocenters. The third kappa shape index (κ3) is 3.84. The average molecular weight is 380 g/mol. The summed E-state index contributed by atoms with van der Waals surface area (Å²) in [5.41, 5.74) is 1.13. The summed E-state index contributed by atoms with van der Waals surface area (Å²) >= 11 is 8.81. The third-order valence-corrected chi connectivity index (χ3v) is 5.53. The zero-order valence-corrected chi connectivity index (χ0v) is 14.5. The van der Waals surface area contributed by atoms with E-state index in [1.807, 2.05) is 24.3 Å². The van der Waals surface area contributed by atoms with Gasteiger partial charge in [0.25, 0.3) is 5.69 Å². The molecular formula is C15H10ClN3O3S2. The van der Waals surface area contributed by atoms with E-state index >= 15 is 0 Å². The van der Waals surface area contributed by atoms with Crippen LogP contribution >= 0.6 is 34.7 Å². The second kappa shape index (κ2) is 7.16. The highest BCUT2D eigenvalue weighted by Gasteiger charge is 2.12. The minimum atomic E-state index is -0.541. The van der Waals surface area contributed by atoms with E-state index in [0.717, 1.165) is 14.6 Å². The Morgan fingerprint density at radius 2 is 2.12 bits per heavy atom. The number of benzene rings is 2. The molecule has 0 unspecified atom stereocenters. The van der Waals surface area contributed by atoms with Crippen molar-refractivity contribution in [3.63, 3.8) is 0 Å². The minimum Gasteiger partial charge on any atom is -0.324 e. The lowest BCUT2D eigenvalue weighted by Crippen LogP contribution is -2.14. The highest BCUT2D eigenvalue weighted by Crippen LogP contribution is 2.30. The van der Waals surface area contributed by atoms with Crippen molar-refractivity contribution in [1.29, 1.82) is 0 Å². The molecule has 0 aliphatic carbocycles. The molecule has 9 heteroatoms. The summed E-state index contributed by atoms with van der Waals surface area (Å²) in [5, 5.41) is 13.4. The summed E-state index contributed by atoms with van der Waals surface area (Å²) in [6, 6.07) is 11.7. The summed E-state index contributed by atoms with van der Waals surface area (Å²) in [7, 11) is 0. The van der Waals surface area contributed by atoms with Crippen LogP contribution in [0.25, 0.3) is 10.2 Å². The quantitative estimate of drug-likeness (QED) is 0.398. The number of aromatic nitrogens is 1. The molecule has 0 bridgehead atoms. The van der Waals surface area contributed by atoms with Gasteiger partial charge in [0.2, 0.25) is 5.91 Å². The number of nitrogens with one attached hydrogen (secondary N) is 1. The molecule has 0 saturated heterocycles. The van der Waals surface area contributed by atoms with Gasteiger partial charge in [-0.15, -0.1) is 11.3 Å². The van der Waals surface area contributed by atoms with Gasteiger partial charge in [-0.2, -0.15) is 0 Å². The second-order valence-electron chi connectivity index (χ2n) is 4.71. The average Bonchev–Trinajstić information content (AvgIpc) is 2.97. The number of fused-ring (bicyclic) bond motifs is 1. The number of anilines is 1. The molecule has 0 fully saturated rings. The molecule has 0 aliphatic heterocycles. The van der Waals surface area contributed by atoms with Gasteiger partial charge < -0.3 is 5.32 Å². The van der Waals surface area contributed by atoms with Crippen LogP contribution in [0.1, 0.15) is 0 Å². The Morgan fingerprint density at radius 1 is 1.33 bits per heavy atom. The maximum atomic E-state index is 12.0. The fourth-order valence-corrected chi connectivity index (χ4v) is 4.04. The Labute approximate surface area is 150 Å². The molecule has 1 heterocycles. The molecule has 2 aromatic carbocycles. The normalized spacial score (nSPS) is 10.7. The Balaban J connectivity index is 1.62. The highest BCUT2D eigenvalue weighted by atomic mass is 35.5. The van der Waals surface area contributed by atoms with Crippen LogP contribution in [0.5, 0.6) is 0 Å². The van der Waals surface area contributed by atoms with Gasteiger partial charge in [0, 0.05) is 12.1 Å². The van der Waals surface area contributed by atoms with Crippen LogP contribution < -0.4 is 5.32 Å². The first-order valence-corrected chi connectivity index (χ1v) is 8.93. The molecule has 6 nitrogen and oxygen atoms in total. The van der Waals surface area contributed by atoms with Crippen LogP contribution in [0.3, 0.4) is 0 Å². The van der Waals surface area contributed by atoms with Crippen LogP contribution in [0, 0.1) is 10.1 Å². The number of rotatable bonds is 5. The molecule has 3 rings (SSSR count). The molecule has 0 spiro atoms. The van der Waals surface area contributed by atoms with Crippen LogP contribution in [-0.4, -0.2) is 21.6 Å². The number of carbonyl (C=O) groups is 1. The van der Waals surface area contributed by atoms with Crippen molar-refractivity contribution < 1.29 is 9.72 Å². The Morgan fingerprint density at radius 3 is 2.83 bits per heavy atom. The fraction of sp³-hybridized carbons (Fsp3) is 0.0667. The monoisotopic (exact) mass is 379 g/mol. The lowest BCUT2D eigenvalue weighted by Gasteiger charge is -2.06. The number of thioether (sulfide) groups is 1. The number of amides is 1. The first-order valence-electron chi connectivity index (χ1n) is 6.75. The molecule has 3 aromatic rings. The summed E-state index contributed by atoms with van der Waals surface area (Å²) in [6.07, 6.45) is 0. The number of nitro benzene ring substituents is 1. The maximum absolute atomic E-state index is 12.0. The van der Waals surface area contributed by atoms with E-state index in [4.69, 9.17) is 11.6 Å². The highest BCUT2D eigenvalue weighted by molar-refractivity contribution is 8.01. The largest absolute Gasteiger partial charge is 0.324 e. The first-order chi connectivity index (χ1) is 11.5. The van der Waals surface area contributed by atoms with Crippen molar-refractivity contribution in [2.75, 3.05) is 11.1 Å². The number of thiazole rings is 1. The molecule has 0 radical (unpaired) electrons. The van der Waals surface area contributed by atoms with E-state index in [0.29, 0.717) is 5.69 Å². The van der Waals surface area contributed by atoms with E-state index in [2.05, 4.69) is 10.3 Å². The van der Waals surface area contributed by atoms with Crippen molar-refractivity contribution in [3.8, 4) is 0 Å². The Kier molecular flexibility index (Phi) is 4.98. The van der Waals surface area contributed by atoms with Gasteiger partial charge in [0.15, 0.2) is 4.34 Å². The van der Waals surface area contributed by atoms with Gasteiger partial charge in [-0.1, -0.05) is 35.5 Å². The number of carbonyl (C=O) groups excluding carboxylic acids is 1.